The normalized spacial score (nSPS) is 17.9. The van der Waals surface area contributed by atoms with Crippen LogP contribution in [-0.2, 0) is 0 Å². The number of ether oxygens (including phenoxy) is 1. The van der Waals surface area contributed by atoms with Gasteiger partial charge in [-0.1, -0.05) is 25.7 Å². The molecule has 1 saturated carbocycles. The van der Waals surface area contributed by atoms with Crippen molar-refractivity contribution in [3.05, 3.63) is 0 Å². The summed E-state index contributed by atoms with van der Waals surface area (Å²) in [5.74, 6) is 5.91. The largest absolute Gasteiger partial charge is 0.464 e. The minimum Gasteiger partial charge on any atom is -0.464 e. The molecule has 2 rings (SSSR count). The van der Waals surface area contributed by atoms with Gasteiger partial charge in [0.25, 0.3) is 0 Å². The number of anilines is 2. The van der Waals surface area contributed by atoms with Crippen LogP contribution in [0.15, 0.2) is 0 Å². The highest BCUT2D eigenvalue weighted by atomic mass is 16.5. The molecule has 0 saturated heterocycles. The Balaban J connectivity index is 2.02. The van der Waals surface area contributed by atoms with Gasteiger partial charge in [-0.3, -0.25) is 5.43 Å². The highest BCUT2D eigenvalue weighted by Gasteiger charge is 2.28. The fourth-order valence-electron chi connectivity index (χ4n) is 2.50. The summed E-state index contributed by atoms with van der Waals surface area (Å²) in [6.07, 6.45) is 6.06. The van der Waals surface area contributed by atoms with E-state index in [9.17, 15) is 5.11 Å². The molecular weight excluding hydrogens is 272 g/mol. The Labute approximate surface area is 124 Å². The Kier molecular flexibility index (Phi) is 5.51. The lowest BCUT2D eigenvalue weighted by atomic mass is 9.95. The molecule has 1 aromatic rings. The van der Waals surface area contributed by atoms with E-state index in [1.807, 2.05) is 6.92 Å². The Morgan fingerprint density at radius 2 is 1.81 bits per heavy atom. The van der Waals surface area contributed by atoms with Gasteiger partial charge in [0, 0.05) is 6.54 Å². The molecule has 21 heavy (non-hydrogen) atoms. The van der Waals surface area contributed by atoms with Crippen LogP contribution in [0.4, 0.5) is 11.9 Å². The van der Waals surface area contributed by atoms with Gasteiger partial charge in [-0.2, -0.15) is 15.0 Å². The van der Waals surface area contributed by atoms with Gasteiger partial charge in [0.1, 0.15) is 0 Å². The summed E-state index contributed by atoms with van der Waals surface area (Å²) in [4.78, 5) is 12.2. The first-order valence-electron chi connectivity index (χ1n) is 7.47. The molecule has 0 atom stereocenters. The molecule has 5 N–H and O–H groups in total. The van der Waals surface area contributed by atoms with E-state index >= 15 is 0 Å². The Morgan fingerprint density at radius 1 is 1.14 bits per heavy atom. The van der Waals surface area contributed by atoms with E-state index in [0.717, 1.165) is 25.7 Å². The van der Waals surface area contributed by atoms with E-state index in [1.54, 1.807) is 0 Å². The third-order valence-corrected chi connectivity index (χ3v) is 3.63. The molecule has 0 aliphatic heterocycles. The highest BCUT2D eigenvalue weighted by Crippen LogP contribution is 2.27. The molecule has 0 aromatic carbocycles. The van der Waals surface area contributed by atoms with E-state index in [-0.39, 0.29) is 12.0 Å². The van der Waals surface area contributed by atoms with Gasteiger partial charge >= 0.3 is 6.01 Å². The molecule has 1 aromatic heterocycles. The van der Waals surface area contributed by atoms with Crippen LogP contribution in [0.1, 0.15) is 45.4 Å². The number of hydrazine groups is 1. The molecule has 1 aliphatic carbocycles. The lowest BCUT2D eigenvalue weighted by Gasteiger charge is -2.26. The third-order valence-electron chi connectivity index (χ3n) is 3.63. The third kappa shape index (κ3) is 4.68. The zero-order valence-corrected chi connectivity index (χ0v) is 12.4. The second kappa shape index (κ2) is 7.37. The van der Waals surface area contributed by atoms with Crippen molar-refractivity contribution in [1.82, 2.24) is 15.0 Å². The Bertz CT molecular complexity index is 448. The van der Waals surface area contributed by atoms with E-state index in [4.69, 9.17) is 10.6 Å². The first-order valence-corrected chi connectivity index (χ1v) is 7.47. The van der Waals surface area contributed by atoms with E-state index < -0.39 is 5.60 Å². The van der Waals surface area contributed by atoms with Gasteiger partial charge in [-0.25, -0.2) is 5.84 Å². The van der Waals surface area contributed by atoms with Gasteiger partial charge in [-0.15, -0.1) is 0 Å². The zero-order valence-electron chi connectivity index (χ0n) is 12.4. The minimum atomic E-state index is -0.703. The topological polar surface area (TPSA) is 118 Å². The Morgan fingerprint density at radius 3 is 2.43 bits per heavy atom. The maximum atomic E-state index is 10.6. The number of aliphatic hydroxyl groups is 1. The molecule has 8 heteroatoms. The maximum absolute atomic E-state index is 10.6. The first kappa shape index (κ1) is 15.7. The fraction of sp³-hybridized carbons (Fsp3) is 0.769. The van der Waals surface area contributed by atoms with Crippen LogP contribution in [0.5, 0.6) is 6.01 Å². The standard InChI is InChI=1S/C13H24N6O2/c1-2-21-12-17-10(16-11(18-12)19-14)15-9-13(20)7-5-3-4-6-8-13/h20H,2-9,14H2,1H3,(H2,15,16,17,18,19). The van der Waals surface area contributed by atoms with Crippen LogP contribution in [0.2, 0.25) is 0 Å². The molecule has 118 valence electrons. The SMILES string of the molecule is CCOc1nc(NN)nc(NCC2(O)CCCCCC2)n1. The summed E-state index contributed by atoms with van der Waals surface area (Å²) in [5.41, 5.74) is 1.68. The lowest BCUT2D eigenvalue weighted by molar-refractivity contribution is 0.0379. The molecule has 0 bridgehead atoms. The van der Waals surface area contributed by atoms with Crippen LogP contribution in [-0.4, -0.2) is 38.8 Å². The van der Waals surface area contributed by atoms with Gasteiger partial charge in [0.05, 0.1) is 12.2 Å². The van der Waals surface area contributed by atoms with Crippen molar-refractivity contribution in [1.29, 1.82) is 0 Å². The molecule has 0 radical (unpaired) electrons. The van der Waals surface area contributed by atoms with Crippen LogP contribution in [0.3, 0.4) is 0 Å². The van der Waals surface area contributed by atoms with Crippen molar-refractivity contribution in [2.24, 2.45) is 5.84 Å². The van der Waals surface area contributed by atoms with Gasteiger partial charge in [0.15, 0.2) is 0 Å². The van der Waals surface area contributed by atoms with E-state index in [0.29, 0.717) is 19.1 Å². The van der Waals surface area contributed by atoms with Crippen molar-refractivity contribution < 1.29 is 9.84 Å². The number of rotatable bonds is 6. The zero-order chi connectivity index (χ0) is 15.1. The van der Waals surface area contributed by atoms with Crippen molar-refractivity contribution in [2.75, 3.05) is 23.9 Å². The van der Waals surface area contributed by atoms with Gasteiger partial charge in [0.2, 0.25) is 11.9 Å². The quantitative estimate of drug-likeness (QED) is 0.349. The predicted molar refractivity (Wildman–Crippen MR) is 79.9 cm³/mol. The minimum absolute atomic E-state index is 0.204. The molecular formula is C13H24N6O2. The average Bonchev–Trinajstić information content (AvgIpc) is 2.71. The van der Waals surface area contributed by atoms with Gasteiger partial charge in [-0.05, 0) is 19.8 Å². The number of aromatic nitrogens is 3. The fourth-order valence-corrected chi connectivity index (χ4v) is 2.50. The summed E-state index contributed by atoms with van der Waals surface area (Å²) in [6.45, 7) is 2.71. The van der Waals surface area contributed by atoms with Crippen molar-refractivity contribution in [3.8, 4) is 6.01 Å². The van der Waals surface area contributed by atoms with Crippen LogP contribution < -0.4 is 21.3 Å². The van der Waals surface area contributed by atoms with Crippen LogP contribution >= 0.6 is 0 Å². The summed E-state index contributed by atoms with van der Waals surface area (Å²) in [7, 11) is 0. The molecule has 0 unspecified atom stereocenters. The van der Waals surface area contributed by atoms with Crippen LogP contribution in [0, 0.1) is 0 Å². The first-order chi connectivity index (χ1) is 10.1. The summed E-state index contributed by atoms with van der Waals surface area (Å²) in [5, 5.41) is 13.7. The van der Waals surface area contributed by atoms with Crippen molar-refractivity contribution in [2.45, 2.75) is 51.0 Å². The summed E-state index contributed by atoms with van der Waals surface area (Å²) < 4.78 is 5.27. The molecule has 8 nitrogen and oxygen atoms in total. The number of nitrogens with zero attached hydrogens (tertiary/aromatic N) is 3. The van der Waals surface area contributed by atoms with E-state index in [1.165, 1.54) is 12.8 Å². The molecule has 1 fully saturated rings. The molecule has 1 aliphatic rings. The summed E-state index contributed by atoms with van der Waals surface area (Å²) in [6, 6.07) is 0.204. The summed E-state index contributed by atoms with van der Waals surface area (Å²) >= 11 is 0. The van der Waals surface area contributed by atoms with Crippen LogP contribution in [0.25, 0.3) is 0 Å². The maximum Gasteiger partial charge on any atom is 0.323 e. The average molecular weight is 296 g/mol. The second-order valence-corrected chi connectivity index (χ2v) is 5.33. The monoisotopic (exact) mass is 296 g/mol. The van der Waals surface area contributed by atoms with Gasteiger partial charge < -0.3 is 15.2 Å². The van der Waals surface area contributed by atoms with Crippen molar-refractivity contribution in [3.63, 3.8) is 0 Å². The Hall–Kier alpha value is -1.67. The smallest absolute Gasteiger partial charge is 0.323 e. The molecule has 0 amide bonds. The molecule has 0 spiro atoms. The number of nitrogen functional groups attached to an aromatic ring is 1. The van der Waals surface area contributed by atoms with Crippen molar-refractivity contribution >= 4 is 11.9 Å². The van der Waals surface area contributed by atoms with E-state index in [2.05, 4.69) is 25.7 Å². The number of hydrogen-bond donors (Lipinski definition) is 4. The highest BCUT2D eigenvalue weighted by molar-refractivity contribution is 5.35. The lowest BCUT2D eigenvalue weighted by Crippen LogP contribution is -2.36. The predicted octanol–water partition coefficient (Wildman–Crippen LogP) is 1.05. The number of hydrogen-bond acceptors (Lipinski definition) is 8. The second-order valence-electron chi connectivity index (χ2n) is 5.33. The number of nitrogens with one attached hydrogen (secondary N) is 2. The molecule has 1 heterocycles. The number of nitrogens with two attached hydrogens (primary N) is 1.